The molecular formula is C25H23ClN4O2S. The highest BCUT2D eigenvalue weighted by Crippen LogP contribution is 2.37. The largest absolute Gasteiger partial charge is 0.492 e. The van der Waals surface area contributed by atoms with Gasteiger partial charge in [-0.1, -0.05) is 65.8 Å². The molecule has 0 aliphatic heterocycles. The minimum Gasteiger partial charge on any atom is -0.492 e. The third-order valence-electron chi connectivity index (χ3n) is 4.95. The molecule has 6 nitrogen and oxygen atoms in total. The lowest BCUT2D eigenvalue weighted by Crippen LogP contribution is -2.20. The van der Waals surface area contributed by atoms with E-state index in [1.54, 1.807) is 0 Å². The maximum absolute atomic E-state index is 13.4. The number of carbonyl (C=O) groups excluding carboxylic acids is 1. The van der Waals surface area contributed by atoms with E-state index in [2.05, 4.69) is 15.5 Å². The van der Waals surface area contributed by atoms with Crippen molar-refractivity contribution in [1.82, 2.24) is 14.8 Å². The zero-order chi connectivity index (χ0) is 23.2. The monoisotopic (exact) mass is 478 g/mol. The first-order valence-corrected chi connectivity index (χ1v) is 11.7. The van der Waals surface area contributed by atoms with E-state index < -0.39 is 5.25 Å². The van der Waals surface area contributed by atoms with Crippen LogP contribution in [0.2, 0.25) is 5.02 Å². The van der Waals surface area contributed by atoms with Gasteiger partial charge in [0.25, 0.3) is 0 Å². The van der Waals surface area contributed by atoms with Gasteiger partial charge in [0.1, 0.15) is 11.0 Å². The Kier molecular flexibility index (Phi) is 7.32. The maximum atomic E-state index is 13.4. The Morgan fingerprint density at radius 3 is 2.45 bits per heavy atom. The normalized spacial score (nSPS) is 11.7. The van der Waals surface area contributed by atoms with Crippen molar-refractivity contribution in [2.75, 3.05) is 11.9 Å². The summed E-state index contributed by atoms with van der Waals surface area (Å²) in [5, 5.41) is 12.5. The van der Waals surface area contributed by atoms with Crippen LogP contribution in [0.4, 0.5) is 5.69 Å². The van der Waals surface area contributed by atoms with Gasteiger partial charge in [-0.05, 0) is 48.9 Å². The van der Waals surface area contributed by atoms with Gasteiger partial charge in [0.05, 0.1) is 12.3 Å². The number of nitrogens with one attached hydrogen (secondary N) is 1. The van der Waals surface area contributed by atoms with Gasteiger partial charge < -0.3 is 14.6 Å². The van der Waals surface area contributed by atoms with Crippen LogP contribution in [0.1, 0.15) is 17.7 Å². The fourth-order valence-corrected chi connectivity index (χ4v) is 4.45. The molecule has 0 saturated carbocycles. The minimum absolute atomic E-state index is 0.172. The fraction of sp³-hybridized carbons (Fsp3) is 0.160. The molecule has 0 bridgehead atoms. The van der Waals surface area contributed by atoms with Crippen molar-refractivity contribution >= 4 is 35.0 Å². The number of nitrogens with zero attached hydrogens (tertiary/aromatic N) is 3. The predicted octanol–water partition coefficient (Wildman–Crippen LogP) is 6.01. The molecule has 0 fully saturated rings. The molecule has 3 aromatic carbocycles. The van der Waals surface area contributed by atoms with E-state index in [0.717, 1.165) is 11.1 Å². The highest BCUT2D eigenvalue weighted by Gasteiger charge is 2.26. The Hall–Kier alpha value is -3.29. The van der Waals surface area contributed by atoms with Crippen molar-refractivity contribution in [2.24, 2.45) is 7.05 Å². The van der Waals surface area contributed by atoms with Crippen molar-refractivity contribution in [3.8, 4) is 17.1 Å². The summed E-state index contributed by atoms with van der Waals surface area (Å²) < 4.78 is 7.54. The lowest BCUT2D eigenvalue weighted by molar-refractivity contribution is -0.115. The van der Waals surface area contributed by atoms with Gasteiger partial charge in [0.15, 0.2) is 11.0 Å². The molecule has 1 amide bonds. The van der Waals surface area contributed by atoms with E-state index in [1.165, 1.54) is 11.8 Å². The van der Waals surface area contributed by atoms with Crippen LogP contribution in [-0.2, 0) is 11.8 Å². The van der Waals surface area contributed by atoms with Gasteiger partial charge in [0, 0.05) is 17.6 Å². The molecule has 0 spiro atoms. The minimum atomic E-state index is -0.540. The summed E-state index contributed by atoms with van der Waals surface area (Å²) >= 11 is 7.36. The Morgan fingerprint density at radius 2 is 1.73 bits per heavy atom. The van der Waals surface area contributed by atoms with Crippen molar-refractivity contribution in [1.29, 1.82) is 0 Å². The molecule has 1 aromatic heterocycles. The third kappa shape index (κ3) is 5.38. The fourth-order valence-electron chi connectivity index (χ4n) is 3.32. The van der Waals surface area contributed by atoms with E-state index in [-0.39, 0.29) is 5.91 Å². The topological polar surface area (TPSA) is 69.0 Å². The number of ether oxygens (including phenoxy) is 1. The molecule has 8 heteroatoms. The van der Waals surface area contributed by atoms with Gasteiger partial charge >= 0.3 is 0 Å². The lowest BCUT2D eigenvalue weighted by Gasteiger charge is -2.18. The number of hydrogen-bond acceptors (Lipinski definition) is 5. The van der Waals surface area contributed by atoms with Gasteiger partial charge in [-0.15, -0.1) is 10.2 Å². The summed E-state index contributed by atoms with van der Waals surface area (Å²) in [6.45, 7) is 2.42. The van der Waals surface area contributed by atoms with E-state index in [9.17, 15) is 4.79 Å². The number of aromatic nitrogens is 3. The van der Waals surface area contributed by atoms with Crippen LogP contribution in [0, 0.1) is 0 Å². The summed E-state index contributed by atoms with van der Waals surface area (Å²) in [4.78, 5) is 13.4. The molecule has 1 atom stereocenters. The Bertz CT molecular complexity index is 1230. The van der Waals surface area contributed by atoms with Gasteiger partial charge in [-0.3, -0.25) is 4.79 Å². The first-order chi connectivity index (χ1) is 16.1. The Balaban J connectivity index is 1.63. The number of benzene rings is 3. The molecular weight excluding hydrogens is 456 g/mol. The summed E-state index contributed by atoms with van der Waals surface area (Å²) in [5.41, 5.74) is 2.39. The second-order valence-corrected chi connectivity index (χ2v) is 8.71. The first-order valence-electron chi connectivity index (χ1n) is 10.5. The molecule has 33 heavy (non-hydrogen) atoms. The van der Waals surface area contributed by atoms with Crippen LogP contribution < -0.4 is 10.1 Å². The van der Waals surface area contributed by atoms with Crippen molar-refractivity contribution in [3.05, 3.63) is 89.4 Å². The second-order valence-electron chi connectivity index (χ2n) is 7.20. The van der Waals surface area contributed by atoms with Crippen LogP contribution in [0.5, 0.6) is 5.75 Å². The summed E-state index contributed by atoms with van der Waals surface area (Å²) in [5.74, 6) is 1.16. The molecule has 0 saturated heterocycles. The molecule has 1 heterocycles. The highest BCUT2D eigenvalue weighted by atomic mass is 35.5. The van der Waals surface area contributed by atoms with Gasteiger partial charge in [-0.25, -0.2) is 0 Å². The number of anilines is 1. The summed E-state index contributed by atoms with van der Waals surface area (Å²) in [6, 6.07) is 24.5. The molecule has 0 radical (unpaired) electrons. The maximum Gasteiger partial charge on any atom is 0.242 e. The quantitative estimate of drug-likeness (QED) is 0.314. The standard InChI is InChI=1S/C25H23ClN4O2S/c1-3-32-21-12-8-7-11-20(21)27-24(31)22(17-9-5-4-6-10-17)33-25-29-28-23(30(25)2)18-13-15-19(26)16-14-18/h4-16,22H,3H2,1-2H3,(H,27,31). The zero-order valence-corrected chi connectivity index (χ0v) is 19.8. The zero-order valence-electron chi connectivity index (χ0n) is 18.2. The Labute approximate surface area is 202 Å². The van der Waals surface area contributed by atoms with Crippen LogP contribution in [0.25, 0.3) is 11.4 Å². The van der Waals surface area contributed by atoms with Crippen molar-refractivity contribution < 1.29 is 9.53 Å². The number of halogens is 1. The van der Waals surface area contributed by atoms with Crippen LogP contribution in [0.3, 0.4) is 0 Å². The van der Waals surface area contributed by atoms with E-state index in [4.69, 9.17) is 16.3 Å². The van der Waals surface area contributed by atoms with Crippen LogP contribution in [0.15, 0.2) is 84.0 Å². The van der Waals surface area contributed by atoms with E-state index in [1.807, 2.05) is 97.4 Å². The number of carbonyl (C=O) groups is 1. The third-order valence-corrected chi connectivity index (χ3v) is 6.49. The molecule has 4 rings (SSSR count). The average molecular weight is 479 g/mol. The molecule has 0 aliphatic rings. The number of para-hydroxylation sites is 2. The van der Waals surface area contributed by atoms with Crippen molar-refractivity contribution in [3.63, 3.8) is 0 Å². The molecule has 168 valence electrons. The summed E-state index contributed by atoms with van der Waals surface area (Å²) in [7, 11) is 1.89. The Morgan fingerprint density at radius 1 is 1.03 bits per heavy atom. The smallest absolute Gasteiger partial charge is 0.242 e. The van der Waals surface area contributed by atoms with Gasteiger partial charge in [0.2, 0.25) is 5.91 Å². The van der Waals surface area contributed by atoms with E-state index >= 15 is 0 Å². The molecule has 1 unspecified atom stereocenters. The molecule has 1 N–H and O–H groups in total. The molecule has 4 aromatic rings. The summed E-state index contributed by atoms with van der Waals surface area (Å²) in [6.07, 6.45) is 0. The molecule has 0 aliphatic carbocycles. The first kappa shape index (κ1) is 22.9. The SMILES string of the molecule is CCOc1ccccc1NC(=O)C(Sc1nnc(-c2ccc(Cl)cc2)n1C)c1ccccc1. The highest BCUT2D eigenvalue weighted by molar-refractivity contribution is 8.00. The van der Waals surface area contributed by atoms with E-state index in [0.29, 0.717) is 34.0 Å². The number of thioether (sulfide) groups is 1. The number of hydrogen-bond donors (Lipinski definition) is 1. The predicted molar refractivity (Wildman–Crippen MR) is 133 cm³/mol. The lowest BCUT2D eigenvalue weighted by atomic mass is 10.1. The van der Waals surface area contributed by atoms with Crippen molar-refractivity contribution in [2.45, 2.75) is 17.3 Å². The van der Waals surface area contributed by atoms with Crippen LogP contribution >= 0.6 is 23.4 Å². The second kappa shape index (κ2) is 10.6. The number of amides is 1. The van der Waals surface area contributed by atoms with Crippen LogP contribution in [-0.4, -0.2) is 27.3 Å². The number of rotatable bonds is 8. The van der Waals surface area contributed by atoms with Gasteiger partial charge in [-0.2, -0.15) is 0 Å². The average Bonchev–Trinajstić information content (AvgIpc) is 3.20.